The third-order valence-corrected chi connectivity index (χ3v) is 3.85. The van der Waals surface area contributed by atoms with Crippen LogP contribution in [0.1, 0.15) is 19.4 Å². The minimum Gasteiger partial charge on any atom is -0.493 e. The van der Waals surface area contributed by atoms with Crippen molar-refractivity contribution < 1.29 is 19.1 Å². The molecule has 0 radical (unpaired) electrons. The lowest BCUT2D eigenvalue weighted by molar-refractivity contribution is -0.146. The maximum absolute atomic E-state index is 12.5. The zero-order valence-corrected chi connectivity index (χ0v) is 14.0. The van der Waals surface area contributed by atoms with Gasteiger partial charge in [-0.1, -0.05) is 13.8 Å². The first-order chi connectivity index (χ1) is 11.5. The molecular formula is C17H21N3O4. The van der Waals surface area contributed by atoms with Crippen molar-refractivity contribution in [1.82, 2.24) is 10.2 Å². The predicted molar refractivity (Wildman–Crippen MR) is 86.6 cm³/mol. The highest BCUT2D eigenvalue weighted by Crippen LogP contribution is 2.28. The minimum atomic E-state index is -0.488. The minimum absolute atomic E-state index is 0.0127. The number of benzene rings is 1. The first kappa shape index (κ1) is 17.6. The molecule has 1 heterocycles. The largest absolute Gasteiger partial charge is 0.493 e. The summed E-state index contributed by atoms with van der Waals surface area (Å²) in [5.41, 5.74) is 0.443. The first-order valence-electron chi connectivity index (χ1n) is 7.76. The average molecular weight is 331 g/mol. The van der Waals surface area contributed by atoms with Gasteiger partial charge in [-0.25, -0.2) is 0 Å². The number of hydrogen-bond donors (Lipinski definition) is 1. The number of ether oxygens (including phenoxy) is 2. The first-order valence-corrected chi connectivity index (χ1v) is 7.76. The molecule has 1 aromatic rings. The number of nitriles is 1. The fourth-order valence-corrected chi connectivity index (χ4v) is 2.71. The summed E-state index contributed by atoms with van der Waals surface area (Å²) in [7, 11) is 1.47. The Morgan fingerprint density at radius 3 is 2.83 bits per heavy atom. The monoisotopic (exact) mass is 331 g/mol. The number of nitrogens with one attached hydrogen (secondary N) is 1. The van der Waals surface area contributed by atoms with Gasteiger partial charge in [0.05, 0.1) is 18.7 Å². The van der Waals surface area contributed by atoms with Gasteiger partial charge in [0.15, 0.2) is 18.1 Å². The van der Waals surface area contributed by atoms with Crippen molar-refractivity contribution in [3.8, 4) is 17.6 Å². The van der Waals surface area contributed by atoms with Crippen LogP contribution in [-0.2, 0) is 9.59 Å². The molecule has 128 valence electrons. The maximum Gasteiger partial charge on any atom is 0.261 e. The Balaban J connectivity index is 2.07. The molecule has 1 atom stereocenters. The molecule has 2 amide bonds. The van der Waals surface area contributed by atoms with Crippen LogP contribution >= 0.6 is 0 Å². The molecule has 0 bridgehead atoms. The van der Waals surface area contributed by atoms with Crippen molar-refractivity contribution >= 4 is 11.8 Å². The molecule has 7 nitrogen and oxygen atoms in total. The molecule has 1 aromatic carbocycles. The molecule has 0 aliphatic carbocycles. The standard InChI is InChI=1S/C17H21N3O4/c1-11(2)16-17(22)19-6-7-20(16)15(21)10-24-13-5-4-12(9-18)8-14(13)23-3/h4-5,8,11,16H,6-7,10H2,1-3H3,(H,19,22)/t16-/m1/s1. The van der Waals surface area contributed by atoms with Crippen molar-refractivity contribution in [2.24, 2.45) is 5.92 Å². The van der Waals surface area contributed by atoms with Gasteiger partial charge in [-0.05, 0) is 18.1 Å². The second kappa shape index (κ2) is 7.68. The Hall–Kier alpha value is -2.75. The van der Waals surface area contributed by atoms with Crippen LogP contribution in [-0.4, -0.2) is 49.6 Å². The number of carbonyl (C=O) groups excluding carboxylic acids is 2. The van der Waals surface area contributed by atoms with Crippen LogP contribution < -0.4 is 14.8 Å². The number of rotatable bonds is 5. The van der Waals surface area contributed by atoms with Crippen molar-refractivity contribution in [3.63, 3.8) is 0 Å². The van der Waals surface area contributed by atoms with Gasteiger partial charge >= 0.3 is 0 Å². The van der Waals surface area contributed by atoms with Crippen LogP contribution in [0.4, 0.5) is 0 Å². The second-order valence-corrected chi connectivity index (χ2v) is 5.83. The summed E-state index contributed by atoms with van der Waals surface area (Å²) in [6.45, 7) is 4.51. The lowest BCUT2D eigenvalue weighted by atomic mass is 9.99. The fraction of sp³-hybridized carbons (Fsp3) is 0.471. The van der Waals surface area contributed by atoms with Crippen LogP contribution in [0.5, 0.6) is 11.5 Å². The van der Waals surface area contributed by atoms with Crippen LogP contribution in [0, 0.1) is 17.2 Å². The van der Waals surface area contributed by atoms with E-state index in [0.29, 0.717) is 30.2 Å². The zero-order chi connectivity index (χ0) is 17.7. The third kappa shape index (κ3) is 3.77. The number of nitrogens with zero attached hydrogens (tertiary/aromatic N) is 2. The summed E-state index contributed by atoms with van der Waals surface area (Å²) < 4.78 is 10.7. The molecule has 1 N–H and O–H groups in total. The molecule has 1 aliphatic heterocycles. The topological polar surface area (TPSA) is 91.7 Å². The molecule has 0 saturated carbocycles. The van der Waals surface area contributed by atoms with Gasteiger partial charge in [-0.15, -0.1) is 0 Å². The van der Waals surface area contributed by atoms with Gasteiger partial charge in [0.2, 0.25) is 5.91 Å². The van der Waals surface area contributed by atoms with E-state index in [1.54, 1.807) is 23.1 Å². The van der Waals surface area contributed by atoms with Crippen LogP contribution in [0.25, 0.3) is 0 Å². The van der Waals surface area contributed by atoms with Gasteiger partial charge in [0.25, 0.3) is 5.91 Å². The number of hydrogen-bond acceptors (Lipinski definition) is 5. The zero-order valence-electron chi connectivity index (χ0n) is 14.0. The van der Waals surface area contributed by atoms with E-state index in [4.69, 9.17) is 14.7 Å². The van der Waals surface area contributed by atoms with E-state index in [0.717, 1.165) is 0 Å². The molecule has 1 saturated heterocycles. The second-order valence-electron chi connectivity index (χ2n) is 5.83. The molecule has 2 rings (SSSR count). The SMILES string of the molecule is COc1cc(C#N)ccc1OCC(=O)N1CCNC(=O)[C@H]1C(C)C. The number of amides is 2. The molecule has 1 aliphatic rings. The molecule has 1 fully saturated rings. The van der Waals surface area contributed by atoms with Crippen LogP contribution in [0.15, 0.2) is 18.2 Å². The van der Waals surface area contributed by atoms with E-state index in [1.165, 1.54) is 7.11 Å². The fourth-order valence-electron chi connectivity index (χ4n) is 2.71. The average Bonchev–Trinajstić information content (AvgIpc) is 2.58. The Bertz CT molecular complexity index is 666. The Labute approximate surface area is 141 Å². The third-order valence-electron chi connectivity index (χ3n) is 3.85. The smallest absolute Gasteiger partial charge is 0.261 e. The highest BCUT2D eigenvalue weighted by molar-refractivity contribution is 5.89. The van der Waals surface area contributed by atoms with Crippen LogP contribution in [0.2, 0.25) is 0 Å². The quantitative estimate of drug-likeness (QED) is 0.866. The molecule has 0 unspecified atom stereocenters. The van der Waals surface area contributed by atoms with E-state index < -0.39 is 6.04 Å². The van der Waals surface area contributed by atoms with Crippen molar-refractivity contribution in [2.75, 3.05) is 26.8 Å². The summed E-state index contributed by atoms with van der Waals surface area (Å²) in [6, 6.07) is 6.25. The predicted octanol–water partition coefficient (Wildman–Crippen LogP) is 0.929. The van der Waals surface area contributed by atoms with Gasteiger partial charge in [-0.3, -0.25) is 9.59 Å². The van der Waals surface area contributed by atoms with Crippen molar-refractivity contribution in [1.29, 1.82) is 5.26 Å². The summed E-state index contributed by atoms with van der Waals surface area (Å²) in [6.07, 6.45) is 0. The summed E-state index contributed by atoms with van der Waals surface area (Å²) in [4.78, 5) is 26.0. The summed E-state index contributed by atoms with van der Waals surface area (Å²) in [5, 5.41) is 11.7. The van der Waals surface area contributed by atoms with E-state index in [9.17, 15) is 9.59 Å². The van der Waals surface area contributed by atoms with Crippen molar-refractivity contribution in [3.05, 3.63) is 23.8 Å². The van der Waals surface area contributed by atoms with E-state index in [2.05, 4.69) is 5.32 Å². The Morgan fingerprint density at radius 2 is 2.21 bits per heavy atom. The molecule has 0 spiro atoms. The molecule has 0 aromatic heterocycles. The lowest BCUT2D eigenvalue weighted by Crippen LogP contribution is -2.60. The van der Waals surface area contributed by atoms with Crippen LogP contribution in [0.3, 0.4) is 0 Å². The number of piperazine rings is 1. The molecular weight excluding hydrogens is 310 g/mol. The van der Waals surface area contributed by atoms with Gasteiger partial charge in [0, 0.05) is 19.2 Å². The summed E-state index contributed by atoms with van der Waals surface area (Å²) in [5.74, 6) is 0.389. The lowest BCUT2D eigenvalue weighted by Gasteiger charge is -2.37. The van der Waals surface area contributed by atoms with E-state index in [1.807, 2.05) is 19.9 Å². The normalized spacial score (nSPS) is 17.2. The van der Waals surface area contributed by atoms with Crippen molar-refractivity contribution in [2.45, 2.75) is 19.9 Å². The van der Waals surface area contributed by atoms with E-state index >= 15 is 0 Å². The summed E-state index contributed by atoms with van der Waals surface area (Å²) >= 11 is 0. The van der Waals surface area contributed by atoms with E-state index in [-0.39, 0.29) is 24.3 Å². The highest BCUT2D eigenvalue weighted by Gasteiger charge is 2.35. The number of carbonyl (C=O) groups is 2. The molecule has 7 heteroatoms. The highest BCUT2D eigenvalue weighted by atomic mass is 16.5. The van der Waals surface area contributed by atoms with Gasteiger partial charge < -0.3 is 19.7 Å². The Morgan fingerprint density at radius 1 is 1.46 bits per heavy atom. The van der Waals surface area contributed by atoms with Gasteiger partial charge in [0.1, 0.15) is 6.04 Å². The Kier molecular flexibility index (Phi) is 5.64. The van der Waals surface area contributed by atoms with Gasteiger partial charge in [-0.2, -0.15) is 5.26 Å². The molecule has 24 heavy (non-hydrogen) atoms. The maximum atomic E-state index is 12.5. The number of methoxy groups -OCH3 is 1.